The lowest BCUT2D eigenvalue weighted by atomic mass is 10.0. The summed E-state index contributed by atoms with van der Waals surface area (Å²) >= 11 is 0. The topological polar surface area (TPSA) is 132 Å². The number of benzene rings is 1. The maximum atomic E-state index is 12.4. The predicted molar refractivity (Wildman–Crippen MR) is 145 cm³/mol. The second kappa shape index (κ2) is 10.8. The third-order valence-corrected chi connectivity index (χ3v) is 8.57. The van der Waals surface area contributed by atoms with E-state index in [0.717, 1.165) is 36.4 Å². The highest BCUT2D eigenvalue weighted by Crippen LogP contribution is 2.29. The predicted octanol–water partition coefficient (Wildman–Crippen LogP) is 1.74. The molecule has 37 heavy (non-hydrogen) atoms. The Bertz CT molecular complexity index is 1240. The number of anilines is 4. The van der Waals surface area contributed by atoms with E-state index in [0.29, 0.717) is 25.3 Å². The molecule has 0 saturated carbocycles. The molecule has 2 aliphatic heterocycles. The lowest BCUT2D eigenvalue weighted by Crippen LogP contribution is -2.51. The Kier molecular flexibility index (Phi) is 7.76. The van der Waals surface area contributed by atoms with Gasteiger partial charge in [-0.3, -0.25) is 4.79 Å². The Balaban J connectivity index is 1.50. The van der Waals surface area contributed by atoms with Crippen molar-refractivity contribution in [3.05, 3.63) is 42.2 Å². The van der Waals surface area contributed by atoms with Crippen molar-refractivity contribution >= 4 is 44.5 Å². The average molecular weight is 530 g/mol. The zero-order valence-corrected chi connectivity index (χ0v) is 22.4. The van der Waals surface area contributed by atoms with Gasteiger partial charge in [-0.2, -0.15) is 0 Å². The Labute approximate surface area is 218 Å². The first-order valence-electron chi connectivity index (χ1n) is 12.4. The lowest BCUT2D eigenvalue weighted by molar-refractivity contribution is 0.0996. The first-order chi connectivity index (χ1) is 17.5. The van der Waals surface area contributed by atoms with Gasteiger partial charge in [0, 0.05) is 58.7 Å². The molecule has 1 unspecified atom stereocenters. The van der Waals surface area contributed by atoms with Crippen LogP contribution in [0, 0.1) is 0 Å². The van der Waals surface area contributed by atoms with Crippen LogP contribution in [0.5, 0.6) is 0 Å². The van der Waals surface area contributed by atoms with Crippen LogP contribution in [0.1, 0.15) is 23.3 Å². The first-order valence-corrected chi connectivity index (χ1v) is 14.2. The van der Waals surface area contributed by atoms with Crippen molar-refractivity contribution in [2.75, 3.05) is 73.9 Å². The Hall–Kier alpha value is -3.54. The van der Waals surface area contributed by atoms with E-state index in [9.17, 15) is 18.0 Å². The molecule has 2 fully saturated rings. The monoisotopic (exact) mass is 529 g/mol. The minimum atomic E-state index is -2.95. The summed E-state index contributed by atoms with van der Waals surface area (Å²) in [7, 11) is 2.36. The smallest absolute Gasteiger partial charge is 0.319 e. The van der Waals surface area contributed by atoms with Gasteiger partial charge in [0.1, 0.15) is 0 Å². The number of amides is 3. The Morgan fingerprint density at radius 2 is 1.70 bits per heavy atom. The van der Waals surface area contributed by atoms with Crippen LogP contribution in [0.2, 0.25) is 0 Å². The Morgan fingerprint density at radius 1 is 1.03 bits per heavy atom. The second-order valence-corrected chi connectivity index (χ2v) is 12.1. The molecule has 3 amide bonds. The first kappa shape index (κ1) is 26.5. The highest BCUT2D eigenvalue weighted by atomic mass is 32.2. The maximum Gasteiger partial charge on any atom is 0.319 e. The summed E-state index contributed by atoms with van der Waals surface area (Å²) in [4.78, 5) is 36.5. The third-order valence-electron chi connectivity index (χ3n) is 6.96. The van der Waals surface area contributed by atoms with Crippen LogP contribution in [0.15, 0.2) is 36.5 Å². The molecule has 0 bridgehead atoms. The van der Waals surface area contributed by atoms with Gasteiger partial charge >= 0.3 is 6.03 Å². The van der Waals surface area contributed by atoms with Gasteiger partial charge in [0.2, 0.25) is 0 Å². The molecule has 2 saturated heterocycles. The highest BCUT2D eigenvalue weighted by Gasteiger charge is 2.28. The molecule has 2 aromatic rings. The van der Waals surface area contributed by atoms with E-state index < -0.39 is 15.7 Å². The number of nitrogens with zero attached hydrogens (tertiary/aromatic N) is 5. The van der Waals surface area contributed by atoms with E-state index in [2.05, 4.69) is 15.2 Å². The summed E-state index contributed by atoms with van der Waals surface area (Å²) in [5.41, 5.74) is 8.78. The molecule has 2 aliphatic rings. The van der Waals surface area contributed by atoms with Crippen LogP contribution < -0.4 is 20.9 Å². The summed E-state index contributed by atoms with van der Waals surface area (Å²) in [6, 6.07) is 9.51. The van der Waals surface area contributed by atoms with Crippen LogP contribution >= 0.6 is 0 Å². The molecule has 1 aromatic carbocycles. The summed E-state index contributed by atoms with van der Waals surface area (Å²) in [6.45, 7) is 2.42. The molecule has 1 atom stereocenters. The molecule has 4 rings (SSSR count). The van der Waals surface area contributed by atoms with Gasteiger partial charge in [-0.25, -0.2) is 18.2 Å². The van der Waals surface area contributed by atoms with Crippen molar-refractivity contribution < 1.29 is 18.0 Å². The van der Waals surface area contributed by atoms with E-state index >= 15 is 0 Å². The number of nitrogens with one attached hydrogen (secondary N) is 1. The number of hydrogen-bond acceptors (Lipinski definition) is 8. The number of hydrogen-bond donors (Lipinski definition) is 2. The molecule has 12 heteroatoms. The fraction of sp³-hybridized carbons (Fsp3) is 0.480. The molecule has 0 aliphatic carbocycles. The average Bonchev–Trinajstić information content (AvgIpc) is 2.88. The van der Waals surface area contributed by atoms with Crippen molar-refractivity contribution in [1.29, 1.82) is 0 Å². The van der Waals surface area contributed by atoms with Crippen molar-refractivity contribution in [3.63, 3.8) is 0 Å². The van der Waals surface area contributed by atoms with E-state index in [-0.39, 0.29) is 29.3 Å². The van der Waals surface area contributed by atoms with E-state index in [1.54, 1.807) is 30.1 Å². The number of aromatic nitrogens is 1. The fourth-order valence-corrected chi connectivity index (χ4v) is 5.98. The van der Waals surface area contributed by atoms with Crippen LogP contribution in [-0.2, 0) is 9.84 Å². The number of carbonyl (C=O) groups excluding carboxylic acids is 2. The van der Waals surface area contributed by atoms with Gasteiger partial charge in [0.05, 0.1) is 35.1 Å². The number of nitrogens with two attached hydrogens (primary N) is 1. The standard InChI is InChI=1S/C25H35N7O4S/c1-29(2)25(34)30(3)20-5-4-10-32(17-20)21-15-22(23(24(26)33)27-16-21)28-18-6-8-19(9-7-18)31-11-13-37(35,36)14-12-31/h6-9,15-16,20,28H,4-5,10-14,17H2,1-3H3,(H2,26,33). The Morgan fingerprint density at radius 3 is 2.32 bits per heavy atom. The zero-order chi connectivity index (χ0) is 26.7. The molecular weight excluding hydrogens is 494 g/mol. The van der Waals surface area contributed by atoms with E-state index in [1.165, 1.54) is 0 Å². The van der Waals surface area contributed by atoms with Gasteiger partial charge in [-0.05, 0) is 43.2 Å². The maximum absolute atomic E-state index is 12.4. The lowest BCUT2D eigenvalue weighted by Gasteiger charge is -2.39. The number of rotatable bonds is 6. The van der Waals surface area contributed by atoms with Gasteiger partial charge < -0.3 is 30.7 Å². The number of urea groups is 1. The van der Waals surface area contributed by atoms with Gasteiger partial charge in [0.25, 0.3) is 5.91 Å². The van der Waals surface area contributed by atoms with E-state index in [1.807, 2.05) is 42.3 Å². The van der Waals surface area contributed by atoms with Gasteiger partial charge in [0.15, 0.2) is 15.5 Å². The summed E-state index contributed by atoms with van der Waals surface area (Å²) in [5.74, 6) is -0.318. The number of carbonyl (C=O) groups is 2. The van der Waals surface area contributed by atoms with Crippen LogP contribution in [0.4, 0.5) is 27.5 Å². The normalized spacial score (nSPS) is 19.3. The van der Waals surface area contributed by atoms with Crippen molar-refractivity contribution in [2.24, 2.45) is 5.73 Å². The van der Waals surface area contributed by atoms with Crippen molar-refractivity contribution in [1.82, 2.24) is 14.8 Å². The molecule has 1 aromatic heterocycles. The van der Waals surface area contributed by atoms with Crippen LogP contribution in [0.3, 0.4) is 0 Å². The zero-order valence-electron chi connectivity index (χ0n) is 21.6. The van der Waals surface area contributed by atoms with E-state index in [4.69, 9.17) is 5.73 Å². The number of sulfone groups is 1. The quantitative estimate of drug-likeness (QED) is 0.578. The number of pyridine rings is 1. The van der Waals surface area contributed by atoms with Crippen molar-refractivity contribution in [3.8, 4) is 0 Å². The summed E-state index contributed by atoms with van der Waals surface area (Å²) in [5, 5.41) is 3.27. The third kappa shape index (κ3) is 6.24. The molecule has 3 heterocycles. The summed E-state index contributed by atoms with van der Waals surface area (Å²) in [6.07, 6.45) is 3.49. The molecule has 0 radical (unpaired) electrons. The fourth-order valence-electron chi connectivity index (χ4n) is 4.78. The molecule has 11 nitrogen and oxygen atoms in total. The van der Waals surface area contributed by atoms with Gasteiger partial charge in [-0.15, -0.1) is 0 Å². The van der Waals surface area contributed by atoms with Crippen LogP contribution in [-0.4, -0.2) is 100 Å². The largest absolute Gasteiger partial charge is 0.369 e. The number of likely N-dealkylation sites (N-methyl/N-ethyl adjacent to an activating group) is 1. The molecule has 0 spiro atoms. The molecule has 3 N–H and O–H groups in total. The summed E-state index contributed by atoms with van der Waals surface area (Å²) < 4.78 is 23.4. The second-order valence-electron chi connectivity index (χ2n) is 9.79. The number of piperidine rings is 1. The highest BCUT2D eigenvalue weighted by molar-refractivity contribution is 7.91. The van der Waals surface area contributed by atoms with Crippen molar-refractivity contribution in [2.45, 2.75) is 18.9 Å². The molecule has 200 valence electrons. The SMILES string of the molecule is CN(C)C(=O)N(C)C1CCCN(c2cnc(C(N)=O)c(Nc3ccc(N4CCS(=O)(=O)CC4)cc3)c2)C1. The van der Waals surface area contributed by atoms with Crippen LogP contribution in [0.25, 0.3) is 0 Å². The molecular formula is C25H35N7O4S. The number of primary amides is 1. The minimum Gasteiger partial charge on any atom is -0.369 e. The minimum absolute atomic E-state index is 0.0361. The van der Waals surface area contributed by atoms with Gasteiger partial charge in [-0.1, -0.05) is 0 Å².